The fraction of sp³-hybridized carbons (Fsp3) is 0.167. The number of carbonyl (C=O) groups is 1. The van der Waals surface area contributed by atoms with Crippen molar-refractivity contribution in [2.45, 2.75) is 6.61 Å². The highest BCUT2D eigenvalue weighted by molar-refractivity contribution is 5.89. The monoisotopic (exact) mass is 365 g/mol. The van der Waals surface area contributed by atoms with Crippen LogP contribution in [0, 0.1) is 0 Å². The van der Waals surface area contributed by atoms with Crippen molar-refractivity contribution in [2.24, 2.45) is 7.05 Å². The van der Waals surface area contributed by atoms with Crippen LogP contribution in [0.15, 0.2) is 47.4 Å². The summed E-state index contributed by atoms with van der Waals surface area (Å²) in [5, 5.41) is 8.67. The third-order valence-corrected chi connectivity index (χ3v) is 4.21. The van der Waals surface area contributed by atoms with Crippen LogP contribution in [0.3, 0.4) is 0 Å². The Morgan fingerprint density at radius 1 is 1.15 bits per heavy atom. The van der Waals surface area contributed by atoms with Gasteiger partial charge in [-0.15, -0.1) is 10.2 Å². The molecule has 9 heteroatoms. The Labute approximate surface area is 152 Å². The molecule has 4 aromatic rings. The molecule has 136 valence electrons. The molecule has 9 nitrogen and oxygen atoms in total. The lowest BCUT2D eigenvalue weighted by molar-refractivity contribution is 0.0461. The van der Waals surface area contributed by atoms with Crippen molar-refractivity contribution in [1.82, 2.24) is 24.1 Å². The molecule has 0 atom stereocenters. The van der Waals surface area contributed by atoms with E-state index in [-0.39, 0.29) is 12.2 Å². The van der Waals surface area contributed by atoms with Crippen LogP contribution in [-0.2, 0) is 18.4 Å². The molecule has 0 N–H and O–H groups in total. The van der Waals surface area contributed by atoms with E-state index < -0.39 is 5.97 Å². The maximum atomic E-state index is 12.4. The summed E-state index contributed by atoms with van der Waals surface area (Å²) in [7, 11) is 3.12. The molecule has 0 fully saturated rings. The highest BCUT2D eigenvalue weighted by atomic mass is 16.5. The number of aryl methyl sites for hydroxylation is 1. The van der Waals surface area contributed by atoms with Gasteiger partial charge in [-0.25, -0.2) is 9.78 Å². The first kappa shape index (κ1) is 16.7. The first-order chi connectivity index (χ1) is 13.1. The molecule has 0 saturated carbocycles. The van der Waals surface area contributed by atoms with E-state index in [4.69, 9.17) is 9.47 Å². The Kier molecular flexibility index (Phi) is 4.03. The number of para-hydroxylation sites is 1. The first-order valence-corrected chi connectivity index (χ1v) is 8.09. The van der Waals surface area contributed by atoms with E-state index >= 15 is 0 Å². The zero-order valence-electron chi connectivity index (χ0n) is 14.6. The maximum Gasteiger partial charge on any atom is 0.340 e. The molecule has 4 rings (SSSR count). The minimum atomic E-state index is -0.545. The lowest BCUT2D eigenvalue weighted by Crippen LogP contribution is -2.20. The topological polar surface area (TPSA) is 101 Å². The van der Waals surface area contributed by atoms with Crippen LogP contribution in [0.2, 0.25) is 0 Å². The first-order valence-electron chi connectivity index (χ1n) is 8.09. The molecule has 0 radical (unpaired) electrons. The van der Waals surface area contributed by atoms with Gasteiger partial charge >= 0.3 is 5.97 Å². The third-order valence-electron chi connectivity index (χ3n) is 4.21. The zero-order chi connectivity index (χ0) is 19.0. The van der Waals surface area contributed by atoms with Crippen molar-refractivity contribution in [2.75, 3.05) is 7.11 Å². The van der Waals surface area contributed by atoms with Crippen LogP contribution in [0.1, 0.15) is 16.2 Å². The largest absolute Gasteiger partial charge is 0.481 e. The van der Waals surface area contributed by atoms with Crippen LogP contribution < -0.4 is 10.3 Å². The van der Waals surface area contributed by atoms with Gasteiger partial charge in [0.15, 0.2) is 12.4 Å². The predicted octanol–water partition coefficient (Wildman–Crippen LogP) is 1.34. The second kappa shape index (κ2) is 6.52. The molecule has 3 heterocycles. The summed E-state index contributed by atoms with van der Waals surface area (Å²) in [6, 6.07) is 10.3. The highest BCUT2D eigenvalue weighted by Crippen LogP contribution is 2.15. The SMILES string of the molecule is COc1ccc(C(=O)OCc2nnc3n(C)c(=O)c4ccccc4n23)cn1. The predicted molar refractivity (Wildman–Crippen MR) is 95.6 cm³/mol. The number of aromatic nitrogens is 5. The second-order valence-electron chi connectivity index (χ2n) is 5.80. The normalized spacial score (nSPS) is 11.0. The van der Waals surface area contributed by atoms with E-state index in [1.54, 1.807) is 41.8 Å². The summed E-state index contributed by atoms with van der Waals surface area (Å²) in [5.41, 5.74) is 0.776. The number of benzene rings is 1. The number of methoxy groups -OCH3 is 1. The maximum absolute atomic E-state index is 12.4. The number of nitrogens with zero attached hydrogens (tertiary/aromatic N) is 5. The van der Waals surface area contributed by atoms with Crippen LogP contribution in [-0.4, -0.2) is 37.2 Å². The Bertz CT molecular complexity index is 1210. The molecule has 0 unspecified atom stereocenters. The molecule has 0 bridgehead atoms. The van der Waals surface area contributed by atoms with Gasteiger partial charge < -0.3 is 9.47 Å². The fourth-order valence-corrected chi connectivity index (χ4v) is 2.82. The van der Waals surface area contributed by atoms with Crippen molar-refractivity contribution in [3.05, 3.63) is 64.3 Å². The van der Waals surface area contributed by atoms with E-state index in [0.29, 0.717) is 33.9 Å². The Morgan fingerprint density at radius 3 is 2.70 bits per heavy atom. The standard InChI is InChI=1S/C18H15N5O4/c1-22-16(24)12-5-3-4-6-13(12)23-14(20-21-18(22)23)10-27-17(25)11-7-8-15(26-2)19-9-11/h3-9H,10H2,1-2H3. The molecule has 0 aliphatic rings. The molecule has 0 amide bonds. The van der Waals surface area contributed by atoms with Crippen LogP contribution >= 0.6 is 0 Å². The van der Waals surface area contributed by atoms with Gasteiger partial charge in [0.25, 0.3) is 5.56 Å². The zero-order valence-corrected chi connectivity index (χ0v) is 14.6. The lowest BCUT2D eigenvalue weighted by Gasteiger charge is -2.08. The van der Waals surface area contributed by atoms with E-state index in [0.717, 1.165) is 0 Å². The number of fused-ring (bicyclic) bond motifs is 3. The summed E-state index contributed by atoms with van der Waals surface area (Å²) in [6.07, 6.45) is 1.38. The molecule has 0 spiro atoms. The molecule has 3 aromatic heterocycles. The van der Waals surface area contributed by atoms with Gasteiger partial charge in [-0.05, 0) is 18.2 Å². The Hall–Kier alpha value is -3.75. The molecular weight excluding hydrogens is 350 g/mol. The number of hydrogen-bond donors (Lipinski definition) is 0. The minimum Gasteiger partial charge on any atom is -0.481 e. The fourth-order valence-electron chi connectivity index (χ4n) is 2.82. The summed E-state index contributed by atoms with van der Waals surface area (Å²) in [5.74, 6) is 0.640. The van der Waals surface area contributed by atoms with Gasteiger partial charge in [0, 0.05) is 19.3 Å². The van der Waals surface area contributed by atoms with Crippen LogP contribution in [0.25, 0.3) is 16.7 Å². The second-order valence-corrected chi connectivity index (χ2v) is 5.80. The highest BCUT2D eigenvalue weighted by Gasteiger charge is 2.16. The minimum absolute atomic E-state index is 0.103. The summed E-state index contributed by atoms with van der Waals surface area (Å²) in [6.45, 7) is -0.103. The summed E-state index contributed by atoms with van der Waals surface area (Å²) in [4.78, 5) is 28.7. The van der Waals surface area contributed by atoms with Crippen molar-refractivity contribution in [1.29, 1.82) is 0 Å². The van der Waals surface area contributed by atoms with E-state index in [9.17, 15) is 9.59 Å². The average Bonchev–Trinajstić information content (AvgIpc) is 3.14. The third kappa shape index (κ3) is 2.78. The number of ether oxygens (including phenoxy) is 2. The van der Waals surface area contributed by atoms with E-state index in [1.807, 2.05) is 6.07 Å². The van der Waals surface area contributed by atoms with Crippen molar-refractivity contribution >= 4 is 22.6 Å². The lowest BCUT2D eigenvalue weighted by atomic mass is 10.2. The van der Waals surface area contributed by atoms with Gasteiger partial charge in [0.2, 0.25) is 11.7 Å². The molecular formula is C18H15N5O4. The Morgan fingerprint density at radius 2 is 1.96 bits per heavy atom. The van der Waals surface area contributed by atoms with Crippen LogP contribution in [0.5, 0.6) is 5.88 Å². The van der Waals surface area contributed by atoms with Crippen LogP contribution in [0.4, 0.5) is 0 Å². The number of pyridine rings is 1. The van der Waals surface area contributed by atoms with Crippen molar-refractivity contribution in [3.63, 3.8) is 0 Å². The number of rotatable bonds is 4. The number of esters is 1. The van der Waals surface area contributed by atoms with Gasteiger partial charge in [0.1, 0.15) is 0 Å². The van der Waals surface area contributed by atoms with E-state index in [1.165, 1.54) is 17.9 Å². The summed E-state index contributed by atoms with van der Waals surface area (Å²) < 4.78 is 13.4. The number of carbonyl (C=O) groups excluding carboxylic acids is 1. The molecule has 0 aliphatic heterocycles. The van der Waals surface area contributed by atoms with Gasteiger partial charge in [-0.3, -0.25) is 13.8 Å². The van der Waals surface area contributed by atoms with Gasteiger partial charge in [-0.1, -0.05) is 12.1 Å². The van der Waals surface area contributed by atoms with Gasteiger partial charge in [-0.2, -0.15) is 0 Å². The quantitative estimate of drug-likeness (QED) is 0.503. The van der Waals surface area contributed by atoms with Crippen molar-refractivity contribution < 1.29 is 14.3 Å². The summed E-state index contributed by atoms with van der Waals surface area (Å²) >= 11 is 0. The molecule has 27 heavy (non-hydrogen) atoms. The molecule has 0 aliphatic carbocycles. The smallest absolute Gasteiger partial charge is 0.340 e. The Balaban J connectivity index is 1.68. The van der Waals surface area contributed by atoms with Crippen molar-refractivity contribution in [3.8, 4) is 5.88 Å². The van der Waals surface area contributed by atoms with Gasteiger partial charge in [0.05, 0.1) is 23.6 Å². The average molecular weight is 365 g/mol. The number of hydrogen-bond acceptors (Lipinski definition) is 7. The molecule has 0 saturated heterocycles. The van der Waals surface area contributed by atoms with E-state index in [2.05, 4.69) is 15.2 Å². The molecule has 1 aromatic carbocycles.